The Morgan fingerprint density at radius 2 is 1.88 bits per heavy atom. The van der Waals surface area contributed by atoms with Gasteiger partial charge in [-0.15, -0.1) is 0 Å². The predicted molar refractivity (Wildman–Crippen MR) is 93.7 cm³/mol. The summed E-state index contributed by atoms with van der Waals surface area (Å²) in [6.45, 7) is 8.02. The number of benzene rings is 1. The van der Waals surface area contributed by atoms with Crippen LogP contribution in [0.15, 0.2) is 33.7 Å². The van der Waals surface area contributed by atoms with Gasteiger partial charge in [0.15, 0.2) is 0 Å². The molecule has 1 N–H and O–H groups in total. The molecule has 0 aliphatic rings. The van der Waals surface area contributed by atoms with E-state index in [2.05, 4.69) is 10.5 Å². The van der Waals surface area contributed by atoms with Gasteiger partial charge in [0.25, 0.3) is 5.91 Å². The minimum absolute atomic E-state index is 0.154. The third-order valence-electron chi connectivity index (χ3n) is 3.88. The lowest BCUT2D eigenvalue weighted by Crippen LogP contribution is -2.31. The van der Waals surface area contributed by atoms with E-state index in [1.54, 1.807) is 45.9 Å². The summed E-state index contributed by atoms with van der Waals surface area (Å²) >= 11 is 0. The Bertz CT molecular complexity index is 855. The van der Waals surface area contributed by atoms with Gasteiger partial charge in [0.05, 0.1) is 11.4 Å². The highest BCUT2D eigenvalue weighted by molar-refractivity contribution is 7.89. The summed E-state index contributed by atoms with van der Waals surface area (Å²) in [5, 5.41) is 6.52. The van der Waals surface area contributed by atoms with Gasteiger partial charge in [-0.05, 0) is 31.5 Å². The summed E-state index contributed by atoms with van der Waals surface area (Å²) in [4.78, 5) is 12.5. The third-order valence-corrected chi connectivity index (χ3v) is 6.07. The maximum absolute atomic E-state index is 12.7. The Hall–Kier alpha value is -2.19. The predicted octanol–water partition coefficient (Wildman–Crippen LogP) is 2.25. The van der Waals surface area contributed by atoms with E-state index in [-0.39, 0.29) is 22.9 Å². The third kappa shape index (κ3) is 4.26. The molecule has 0 aliphatic heterocycles. The molecule has 0 saturated heterocycles. The molecule has 0 aliphatic carbocycles. The second-order valence-electron chi connectivity index (χ2n) is 5.68. The quantitative estimate of drug-likeness (QED) is 0.812. The van der Waals surface area contributed by atoms with Crippen molar-refractivity contribution in [1.29, 1.82) is 0 Å². The number of hydrogen-bond donors (Lipinski definition) is 1. The number of sulfonamides is 1. The van der Waals surface area contributed by atoms with Crippen LogP contribution in [0.1, 0.15) is 41.2 Å². The van der Waals surface area contributed by atoms with Crippen molar-refractivity contribution in [3.05, 3.63) is 46.8 Å². The number of aryl methyl sites for hydroxylation is 2. The van der Waals surface area contributed by atoms with Crippen molar-refractivity contribution in [2.24, 2.45) is 0 Å². The minimum atomic E-state index is -3.63. The van der Waals surface area contributed by atoms with E-state index in [0.29, 0.717) is 30.1 Å². The van der Waals surface area contributed by atoms with E-state index in [1.165, 1.54) is 10.4 Å². The van der Waals surface area contributed by atoms with Gasteiger partial charge in [-0.25, -0.2) is 8.42 Å². The van der Waals surface area contributed by atoms with Crippen molar-refractivity contribution in [1.82, 2.24) is 14.8 Å². The molecular formula is C17H23N3O4S. The van der Waals surface area contributed by atoms with Gasteiger partial charge in [0.1, 0.15) is 11.5 Å². The number of aromatic nitrogens is 1. The van der Waals surface area contributed by atoms with Crippen molar-refractivity contribution in [2.75, 3.05) is 13.1 Å². The van der Waals surface area contributed by atoms with Crippen LogP contribution in [-0.2, 0) is 16.6 Å². The summed E-state index contributed by atoms with van der Waals surface area (Å²) < 4.78 is 31.8. The SMILES string of the molecule is CCN(CC)S(=O)(=O)c1cc(C(=O)NCc2cc(C)on2)ccc1C. The Labute approximate surface area is 148 Å². The number of hydrogen-bond acceptors (Lipinski definition) is 5. The molecule has 1 aromatic heterocycles. The molecule has 0 spiro atoms. The van der Waals surface area contributed by atoms with Gasteiger partial charge in [-0.3, -0.25) is 4.79 Å². The van der Waals surface area contributed by atoms with E-state index in [9.17, 15) is 13.2 Å². The van der Waals surface area contributed by atoms with E-state index >= 15 is 0 Å². The summed E-state index contributed by atoms with van der Waals surface area (Å²) in [5.74, 6) is 0.295. The van der Waals surface area contributed by atoms with Crippen molar-refractivity contribution < 1.29 is 17.7 Å². The van der Waals surface area contributed by atoms with Gasteiger partial charge in [-0.1, -0.05) is 25.1 Å². The Balaban J connectivity index is 2.24. The maximum atomic E-state index is 12.7. The van der Waals surface area contributed by atoms with Gasteiger partial charge < -0.3 is 9.84 Å². The topological polar surface area (TPSA) is 92.5 Å². The van der Waals surface area contributed by atoms with E-state index in [1.807, 2.05) is 0 Å². The second-order valence-corrected chi connectivity index (χ2v) is 7.59. The fourth-order valence-electron chi connectivity index (χ4n) is 2.50. The lowest BCUT2D eigenvalue weighted by atomic mass is 10.1. The molecule has 0 bridgehead atoms. The highest BCUT2D eigenvalue weighted by atomic mass is 32.2. The molecule has 1 aromatic carbocycles. The average Bonchev–Trinajstić information content (AvgIpc) is 2.99. The van der Waals surface area contributed by atoms with Crippen LogP contribution in [-0.4, -0.2) is 36.9 Å². The first-order valence-electron chi connectivity index (χ1n) is 8.10. The van der Waals surface area contributed by atoms with Crippen LogP contribution in [0.3, 0.4) is 0 Å². The molecule has 136 valence electrons. The molecule has 0 radical (unpaired) electrons. The fourth-order valence-corrected chi connectivity index (χ4v) is 4.20. The van der Waals surface area contributed by atoms with Crippen LogP contribution in [0.4, 0.5) is 0 Å². The second kappa shape index (κ2) is 7.79. The van der Waals surface area contributed by atoms with E-state index in [0.717, 1.165) is 0 Å². The molecule has 7 nitrogen and oxygen atoms in total. The maximum Gasteiger partial charge on any atom is 0.251 e. The molecule has 2 aromatic rings. The number of carbonyl (C=O) groups is 1. The van der Waals surface area contributed by atoms with Crippen LogP contribution in [0, 0.1) is 13.8 Å². The molecule has 0 unspecified atom stereocenters. The fraction of sp³-hybridized carbons (Fsp3) is 0.412. The van der Waals surface area contributed by atoms with E-state index in [4.69, 9.17) is 4.52 Å². The van der Waals surface area contributed by atoms with Crippen molar-refractivity contribution in [2.45, 2.75) is 39.1 Å². The zero-order chi connectivity index (χ0) is 18.6. The average molecular weight is 365 g/mol. The number of amides is 1. The monoisotopic (exact) mass is 365 g/mol. The van der Waals surface area contributed by atoms with Crippen molar-refractivity contribution >= 4 is 15.9 Å². The van der Waals surface area contributed by atoms with Crippen LogP contribution >= 0.6 is 0 Å². The molecule has 1 heterocycles. The Morgan fingerprint density at radius 3 is 2.44 bits per heavy atom. The van der Waals surface area contributed by atoms with E-state index < -0.39 is 10.0 Å². The lowest BCUT2D eigenvalue weighted by Gasteiger charge is -2.20. The molecule has 1 amide bonds. The van der Waals surface area contributed by atoms with Crippen LogP contribution < -0.4 is 5.32 Å². The Kier molecular flexibility index (Phi) is 5.97. The molecule has 0 atom stereocenters. The van der Waals surface area contributed by atoms with Crippen molar-refractivity contribution in [3.63, 3.8) is 0 Å². The van der Waals surface area contributed by atoms with Gasteiger partial charge >= 0.3 is 0 Å². The lowest BCUT2D eigenvalue weighted by molar-refractivity contribution is 0.0950. The van der Waals surface area contributed by atoms with Crippen LogP contribution in [0.5, 0.6) is 0 Å². The molecule has 25 heavy (non-hydrogen) atoms. The first kappa shape index (κ1) is 19.1. The molecule has 2 rings (SSSR count). The summed E-state index contributed by atoms with van der Waals surface area (Å²) in [5.41, 5.74) is 1.50. The number of carbonyl (C=O) groups excluding carboxylic acids is 1. The molecule has 8 heteroatoms. The van der Waals surface area contributed by atoms with Crippen LogP contribution in [0.25, 0.3) is 0 Å². The van der Waals surface area contributed by atoms with Gasteiger partial charge in [-0.2, -0.15) is 4.31 Å². The smallest absolute Gasteiger partial charge is 0.251 e. The van der Waals surface area contributed by atoms with Crippen LogP contribution in [0.2, 0.25) is 0 Å². The number of nitrogens with one attached hydrogen (secondary N) is 1. The first-order valence-corrected chi connectivity index (χ1v) is 9.54. The normalized spacial score (nSPS) is 11.7. The largest absolute Gasteiger partial charge is 0.361 e. The highest BCUT2D eigenvalue weighted by Gasteiger charge is 2.24. The summed E-state index contributed by atoms with van der Waals surface area (Å²) in [6.07, 6.45) is 0. The number of rotatable bonds is 7. The highest BCUT2D eigenvalue weighted by Crippen LogP contribution is 2.21. The molecule has 0 saturated carbocycles. The zero-order valence-electron chi connectivity index (χ0n) is 14.9. The molecular weight excluding hydrogens is 342 g/mol. The zero-order valence-corrected chi connectivity index (χ0v) is 15.7. The standard InChI is InChI=1S/C17H23N3O4S/c1-5-20(6-2)25(22,23)16-10-14(8-7-12(16)3)17(21)18-11-15-9-13(4)24-19-15/h7-10H,5-6,11H2,1-4H3,(H,18,21). The van der Waals surface area contributed by atoms with Gasteiger partial charge in [0.2, 0.25) is 10.0 Å². The van der Waals surface area contributed by atoms with Crippen molar-refractivity contribution in [3.8, 4) is 0 Å². The Morgan fingerprint density at radius 1 is 1.20 bits per heavy atom. The van der Waals surface area contributed by atoms with Gasteiger partial charge in [0, 0.05) is 24.7 Å². The summed E-state index contributed by atoms with van der Waals surface area (Å²) in [6, 6.07) is 6.41. The minimum Gasteiger partial charge on any atom is -0.361 e. The molecule has 0 fully saturated rings. The summed E-state index contributed by atoms with van der Waals surface area (Å²) in [7, 11) is -3.63. The first-order chi connectivity index (χ1) is 11.8. The number of nitrogens with zero attached hydrogens (tertiary/aromatic N) is 2.